The SMILES string of the molecule is CC(C(=O)NNC(=O)c1ccccc1Cl)N1C(=O)NC2(CCCC2)C1=O. The minimum atomic E-state index is -1.06. The molecule has 1 atom stereocenters. The van der Waals surface area contributed by atoms with Crippen molar-refractivity contribution in [1.29, 1.82) is 0 Å². The first-order valence-corrected chi connectivity index (χ1v) is 8.74. The minimum absolute atomic E-state index is 0.196. The van der Waals surface area contributed by atoms with Gasteiger partial charge in [0.05, 0.1) is 10.6 Å². The van der Waals surface area contributed by atoms with Crippen LogP contribution in [0.3, 0.4) is 0 Å². The lowest BCUT2D eigenvalue weighted by atomic mass is 9.97. The van der Waals surface area contributed by atoms with Crippen molar-refractivity contribution in [2.24, 2.45) is 0 Å². The number of hydrogen-bond donors (Lipinski definition) is 3. The van der Waals surface area contributed by atoms with Gasteiger partial charge in [0.15, 0.2) is 0 Å². The third-order valence-corrected chi connectivity index (χ3v) is 5.16. The number of rotatable bonds is 3. The molecule has 2 fully saturated rings. The van der Waals surface area contributed by atoms with E-state index in [-0.39, 0.29) is 16.5 Å². The maximum absolute atomic E-state index is 12.6. The highest BCUT2D eigenvalue weighted by atomic mass is 35.5. The average molecular weight is 379 g/mol. The summed E-state index contributed by atoms with van der Waals surface area (Å²) in [6.45, 7) is 1.43. The highest BCUT2D eigenvalue weighted by molar-refractivity contribution is 6.33. The van der Waals surface area contributed by atoms with E-state index in [1.54, 1.807) is 18.2 Å². The van der Waals surface area contributed by atoms with Gasteiger partial charge in [-0.3, -0.25) is 25.2 Å². The predicted octanol–water partition coefficient (Wildman–Crippen LogP) is 1.35. The van der Waals surface area contributed by atoms with Crippen molar-refractivity contribution in [3.63, 3.8) is 0 Å². The zero-order chi connectivity index (χ0) is 18.9. The molecule has 0 aromatic heterocycles. The van der Waals surface area contributed by atoms with E-state index in [0.29, 0.717) is 12.8 Å². The largest absolute Gasteiger partial charge is 0.325 e. The monoisotopic (exact) mass is 378 g/mol. The first-order chi connectivity index (χ1) is 12.4. The number of amides is 5. The second-order valence-electron chi connectivity index (χ2n) is 6.49. The number of benzene rings is 1. The first-order valence-electron chi connectivity index (χ1n) is 8.36. The number of hydrazine groups is 1. The van der Waals surface area contributed by atoms with Crippen LogP contribution in [0.1, 0.15) is 43.0 Å². The van der Waals surface area contributed by atoms with Crippen LogP contribution in [-0.2, 0) is 9.59 Å². The van der Waals surface area contributed by atoms with Gasteiger partial charge < -0.3 is 5.32 Å². The summed E-state index contributed by atoms with van der Waals surface area (Å²) in [5.41, 5.74) is 3.79. The van der Waals surface area contributed by atoms with Gasteiger partial charge in [0.25, 0.3) is 17.7 Å². The molecule has 1 aromatic carbocycles. The molecule has 1 spiro atoms. The maximum Gasteiger partial charge on any atom is 0.325 e. The molecule has 9 heteroatoms. The summed E-state index contributed by atoms with van der Waals surface area (Å²) in [6, 6.07) is 4.73. The van der Waals surface area contributed by atoms with Crippen LogP contribution in [0.2, 0.25) is 5.02 Å². The van der Waals surface area contributed by atoms with E-state index in [2.05, 4.69) is 16.2 Å². The fraction of sp³-hybridized carbons (Fsp3) is 0.412. The number of nitrogens with zero attached hydrogens (tertiary/aromatic N) is 1. The normalized spacial score (nSPS) is 19.4. The van der Waals surface area contributed by atoms with Crippen molar-refractivity contribution in [2.75, 3.05) is 0 Å². The summed E-state index contributed by atoms with van der Waals surface area (Å²) in [5, 5.41) is 2.96. The van der Waals surface area contributed by atoms with Crippen LogP contribution in [0, 0.1) is 0 Å². The van der Waals surface area contributed by atoms with Crippen molar-refractivity contribution >= 4 is 35.4 Å². The molecule has 0 radical (unpaired) electrons. The second kappa shape index (κ2) is 6.95. The third-order valence-electron chi connectivity index (χ3n) is 4.83. The fourth-order valence-electron chi connectivity index (χ4n) is 3.36. The Morgan fingerprint density at radius 3 is 2.50 bits per heavy atom. The number of imide groups is 1. The number of carbonyl (C=O) groups excluding carboxylic acids is 4. The van der Waals surface area contributed by atoms with Crippen molar-refractivity contribution in [2.45, 2.75) is 44.2 Å². The molecule has 1 saturated carbocycles. The third kappa shape index (κ3) is 3.12. The van der Waals surface area contributed by atoms with Gasteiger partial charge in [-0.2, -0.15) is 0 Å². The molecule has 3 N–H and O–H groups in total. The fourth-order valence-corrected chi connectivity index (χ4v) is 3.58. The average Bonchev–Trinajstić information content (AvgIpc) is 3.18. The van der Waals surface area contributed by atoms with Crippen LogP contribution in [-0.4, -0.2) is 40.2 Å². The van der Waals surface area contributed by atoms with E-state index in [1.807, 2.05) is 0 Å². The lowest BCUT2D eigenvalue weighted by molar-refractivity contribution is -0.138. The number of halogens is 1. The smallest absolute Gasteiger partial charge is 0.323 e. The Hall–Kier alpha value is -2.61. The van der Waals surface area contributed by atoms with Crippen LogP contribution < -0.4 is 16.2 Å². The zero-order valence-corrected chi connectivity index (χ0v) is 14.9. The molecule has 1 aliphatic heterocycles. The Kier molecular flexibility index (Phi) is 4.86. The summed E-state index contributed by atoms with van der Waals surface area (Å²) >= 11 is 5.93. The zero-order valence-electron chi connectivity index (χ0n) is 14.2. The molecule has 26 heavy (non-hydrogen) atoms. The molecule has 1 heterocycles. The van der Waals surface area contributed by atoms with Gasteiger partial charge in [0.2, 0.25) is 0 Å². The van der Waals surface area contributed by atoms with E-state index < -0.39 is 29.4 Å². The van der Waals surface area contributed by atoms with Gasteiger partial charge in [-0.05, 0) is 31.9 Å². The minimum Gasteiger partial charge on any atom is -0.323 e. The van der Waals surface area contributed by atoms with Crippen LogP contribution in [0.5, 0.6) is 0 Å². The molecule has 138 valence electrons. The number of urea groups is 1. The summed E-state index contributed by atoms with van der Waals surface area (Å²) in [6.07, 6.45) is 2.86. The molecule has 1 saturated heterocycles. The molecular formula is C17H19ClN4O4. The van der Waals surface area contributed by atoms with Gasteiger partial charge in [-0.25, -0.2) is 9.69 Å². The van der Waals surface area contributed by atoms with Gasteiger partial charge >= 0.3 is 6.03 Å². The molecule has 3 rings (SSSR count). The van der Waals surface area contributed by atoms with Crippen molar-refractivity contribution in [3.05, 3.63) is 34.9 Å². The Morgan fingerprint density at radius 1 is 1.19 bits per heavy atom. The Morgan fingerprint density at radius 2 is 1.85 bits per heavy atom. The maximum atomic E-state index is 12.6. The lowest BCUT2D eigenvalue weighted by Gasteiger charge is -2.23. The summed E-state index contributed by atoms with van der Waals surface area (Å²) in [4.78, 5) is 50.2. The Labute approximate surface area is 155 Å². The molecule has 5 amide bonds. The highest BCUT2D eigenvalue weighted by Crippen LogP contribution is 2.35. The molecule has 1 unspecified atom stereocenters. The Balaban J connectivity index is 1.63. The van der Waals surface area contributed by atoms with E-state index in [9.17, 15) is 19.2 Å². The van der Waals surface area contributed by atoms with Gasteiger partial charge in [-0.15, -0.1) is 0 Å². The van der Waals surface area contributed by atoms with Gasteiger partial charge in [0.1, 0.15) is 11.6 Å². The molecule has 1 aliphatic carbocycles. The van der Waals surface area contributed by atoms with Crippen molar-refractivity contribution in [1.82, 2.24) is 21.1 Å². The van der Waals surface area contributed by atoms with Crippen molar-refractivity contribution < 1.29 is 19.2 Å². The highest BCUT2D eigenvalue weighted by Gasteiger charge is 2.54. The van der Waals surface area contributed by atoms with Crippen LogP contribution in [0.4, 0.5) is 4.79 Å². The number of nitrogens with one attached hydrogen (secondary N) is 3. The Bertz CT molecular complexity index is 776. The molecule has 1 aromatic rings. The van der Waals surface area contributed by atoms with E-state index >= 15 is 0 Å². The summed E-state index contributed by atoms with van der Waals surface area (Å²) < 4.78 is 0. The van der Waals surface area contributed by atoms with Gasteiger partial charge in [0, 0.05) is 0 Å². The van der Waals surface area contributed by atoms with E-state index in [0.717, 1.165) is 17.7 Å². The summed E-state index contributed by atoms with van der Waals surface area (Å²) in [7, 11) is 0. The van der Waals surface area contributed by atoms with Crippen LogP contribution in [0.25, 0.3) is 0 Å². The standard InChI is InChI=1S/C17H19ClN4O4/c1-10(22-15(25)17(19-16(22)26)8-4-5-9-17)13(23)20-21-14(24)11-6-2-3-7-12(11)18/h2-3,6-7,10H,4-5,8-9H2,1H3,(H,19,26)(H,20,23)(H,21,24). The quantitative estimate of drug-likeness (QED) is 0.545. The lowest BCUT2D eigenvalue weighted by Crippen LogP contribution is -2.53. The molecule has 8 nitrogen and oxygen atoms in total. The van der Waals surface area contributed by atoms with Crippen molar-refractivity contribution in [3.8, 4) is 0 Å². The topological polar surface area (TPSA) is 108 Å². The summed E-state index contributed by atoms with van der Waals surface area (Å²) in [5.74, 6) is -1.66. The first kappa shape index (κ1) is 18.2. The number of carbonyl (C=O) groups is 4. The molecule has 0 bridgehead atoms. The van der Waals surface area contributed by atoms with E-state index in [1.165, 1.54) is 13.0 Å². The molecule has 2 aliphatic rings. The van der Waals surface area contributed by atoms with Gasteiger partial charge in [-0.1, -0.05) is 36.6 Å². The second-order valence-corrected chi connectivity index (χ2v) is 6.90. The number of hydrogen-bond acceptors (Lipinski definition) is 4. The van der Waals surface area contributed by atoms with E-state index in [4.69, 9.17) is 11.6 Å². The van der Waals surface area contributed by atoms with Crippen LogP contribution in [0.15, 0.2) is 24.3 Å². The molecular weight excluding hydrogens is 360 g/mol. The van der Waals surface area contributed by atoms with Crippen LogP contribution >= 0.6 is 11.6 Å². The predicted molar refractivity (Wildman–Crippen MR) is 93.1 cm³/mol.